The molecule has 26 heavy (non-hydrogen) atoms. The fourth-order valence-corrected chi connectivity index (χ4v) is 3.98. The molecule has 0 saturated heterocycles. The van der Waals surface area contributed by atoms with Gasteiger partial charge in [-0.2, -0.15) is 0 Å². The average molecular weight is 373 g/mol. The number of aromatic nitrogens is 2. The summed E-state index contributed by atoms with van der Waals surface area (Å²) >= 11 is 1.71. The molecule has 1 aromatic heterocycles. The number of benzene rings is 1. The van der Waals surface area contributed by atoms with E-state index >= 15 is 0 Å². The van der Waals surface area contributed by atoms with Crippen molar-refractivity contribution in [1.29, 1.82) is 0 Å². The smallest absolute Gasteiger partial charge is 0.254 e. The van der Waals surface area contributed by atoms with Crippen LogP contribution in [-0.4, -0.2) is 15.3 Å². The monoisotopic (exact) mass is 372 g/mol. The molecule has 0 N–H and O–H groups in total. The fraction of sp³-hybridized carbons (Fsp3) is 0.545. The normalized spacial score (nSPS) is 11.0. The first-order chi connectivity index (χ1) is 12.7. The van der Waals surface area contributed by atoms with Gasteiger partial charge in [0, 0.05) is 25.3 Å². The first kappa shape index (κ1) is 20.8. The Labute approximate surface area is 162 Å². The second kappa shape index (κ2) is 11.9. The van der Waals surface area contributed by atoms with Crippen molar-refractivity contribution in [3.8, 4) is 0 Å². The van der Waals surface area contributed by atoms with Crippen LogP contribution >= 0.6 is 11.8 Å². The van der Waals surface area contributed by atoms with Gasteiger partial charge in [0.05, 0.1) is 5.69 Å². The van der Waals surface area contributed by atoms with Crippen molar-refractivity contribution < 1.29 is 0 Å². The van der Waals surface area contributed by atoms with Gasteiger partial charge in [0.15, 0.2) is 5.16 Å². The highest BCUT2D eigenvalue weighted by Crippen LogP contribution is 2.18. The Hall–Kier alpha value is -1.55. The third-order valence-electron chi connectivity index (χ3n) is 4.60. The SMILES string of the molecule is CCCCCCCCCCSc1nc(Cc2ccccc2)cc(=O)n1C. The Bertz CT molecular complexity index is 697. The van der Waals surface area contributed by atoms with Crippen molar-refractivity contribution in [1.82, 2.24) is 9.55 Å². The van der Waals surface area contributed by atoms with Crippen LogP contribution in [0.2, 0.25) is 0 Å². The average Bonchev–Trinajstić information content (AvgIpc) is 2.65. The molecule has 0 aliphatic rings. The molecule has 0 spiro atoms. The molecule has 0 aliphatic carbocycles. The van der Waals surface area contributed by atoms with Gasteiger partial charge in [0.2, 0.25) is 0 Å². The van der Waals surface area contributed by atoms with Crippen LogP contribution in [0.1, 0.15) is 69.5 Å². The predicted molar refractivity (Wildman–Crippen MR) is 112 cm³/mol. The lowest BCUT2D eigenvalue weighted by molar-refractivity contribution is 0.586. The topological polar surface area (TPSA) is 34.9 Å². The molecule has 0 bridgehead atoms. The molecule has 0 aliphatic heterocycles. The van der Waals surface area contributed by atoms with E-state index in [0.717, 1.165) is 16.6 Å². The van der Waals surface area contributed by atoms with Gasteiger partial charge in [0.25, 0.3) is 5.56 Å². The van der Waals surface area contributed by atoms with Gasteiger partial charge in [-0.1, -0.05) is 94.0 Å². The van der Waals surface area contributed by atoms with E-state index < -0.39 is 0 Å². The second-order valence-corrected chi connectivity index (χ2v) is 7.98. The maximum absolute atomic E-state index is 12.2. The number of unbranched alkanes of at least 4 members (excludes halogenated alkanes) is 7. The van der Waals surface area contributed by atoms with Gasteiger partial charge < -0.3 is 0 Å². The summed E-state index contributed by atoms with van der Waals surface area (Å²) in [5, 5.41) is 0.839. The van der Waals surface area contributed by atoms with Crippen molar-refractivity contribution >= 4 is 11.8 Å². The first-order valence-corrected chi connectivity index (χ1v) is 10.9. The third-order valence-corrected chi connectivity index (χ3v) is 5.72. The minimum absolute atomic E-state index is 0.0318. The van der Waals surface area contributed by atoms with E-state index in [-0.39, 0.29) is 5.56 Å². The van der Waals surface area contributed by atoms with Crippen LogP contribution in [0.25, 0.3) is 0 Å². The van der Waals surface area contributed by atoms with Crippen molar-refractivity contribution in [3.63, 3.8) is 0 Å². The molecule has 1 heterocycles. The summed E-state index contributed by atoms with van der Waals surface area (Å²) in [5.41, 5.74) is 2.08. The number of rotatable bonds is 12. The highest BCUT2D eigenvalue weighted by Gasteiger charge is 2.07. The molecule has 0 fully saturated rings. The van der Waals surface area contributed by atoms with Crippen LogP contribution in [-0.2, 0) is 13.5 Å². The summed E-state index contributed by atoms with van der Waals surface area (Å²) in [6, 6.07) is 11.9. The molecule has 0 unspecified atom stereocenters. The molecule has 1 aromatic carbocycles. The molecule has 4 heteroatoms. The van der Waals surface area contributed by atoms with Gasteiger partial charge in [-0.3, -0.25) is 9.36 Å². The lowest BCUT2D eigenvalue weighted by Crippen LogP contribution is -2.20. The summed E-state index contributed by atoms with van der Waals surface area (Å²) in [6.07, 6.45) is 11.3. The van der Waals surface area contributed by atoms with E-state index in [1.54, 1.807) is 22.4 Å². The predicted octanol–water partition coefficient (Wildman–Crippen LogP) is 5.60. The van der Waals surface area contributed by atoms with Crippen molar-refractivity contribution in [2.24, 2.45) is 7.05 Å². The Morgan fingerprint density at radius 3 is 2.31 bits per heavy atom. The molecule has 0 atom stereocenters. The third kappa shape index (κ3) is 7.36. The van der Waals surface area contributed by atoms with Gasteiger partial charge in [-0.15, -0.1) is 0 Å². The largest absolute Gasteiger partial charge is 0.291 e. The fourth-order valence-electron chi connectivity index (χ4n) is 2.99. The van der Waals surface area contributed by atoms with Crippen molar-refractivity contribution in [3.05, 3.63) is 58.0 Å². The molecule has 2 aromatic rings. The highest BCUT2D eigenvalue weighted by atomic mass is 32.2. The van der Waals surface area contributed by atoms with Crippen LogP contribution < -0.4 is 5.56 Å². The molecule has 0 radical (unpaired) electrons. The minimum Gasteiger partial charge on any atom is -0.291 e. The zero-order valence-corrected chi connectivity index (χ0v) is 17.1. The van der Waals surface area contributed by atoms with Gasteiger partial charge >= 0.3 is 0 Å². The number of thioether (sulfide) groups is 1. The van der Waals surface area contributed by atoms with Crippen LogP contribution in [0.3, 0.4) is 0 Å². The number of hydrogen-bond donors (Lipinski definition) is 0. The van der Waals surface area contributed by atoms with E-state index in [4.69, 9.17) is 4.98 Å². The summed E-state index contributed by atoms with van der Waals surface area (Å²) in [5.74, 6) is 1.03. The second-order valence-electron chi connectivity index (χ2n) is 6.91. The van der Waals surface area contributed by atoms with Crippen molar-refractivity contribution in [2.45, 2.75) is 69.9 Å². The van der Waals surface area contributed by atoms with Gasteiger partial charge in [0.1, 0.15) is 0 Å². The maximum atomic E-state index is 12.2. The van der Waals surface area contributed by atoms with Crippen LogP contribution in [0, 0.1) is 0 Å². The highest BCUT2D eigenvalue weighted by molar-refractivity contribution is 7.99. The van der Waals surface area contributed by atoms with Crippen LogP contribution in [0.5, 0.6) is 0 Å². The maximum Gasteiger partial charge on any atom is 0.254 e. The van der Waals surface area contributed by atoms with Crippen LogP contribution in [0.15, 0.2) is 46.3 Å². The molecule has 142 valence electrons. The summed E-state index contributed by atoms with van der Waals surface area (Å²) in [7, 11) is 1.82. The van der Waals surface area contributed by atoms with Gasteiger partial charge in [-0.05, 0) is 12.0 Å². The number of hydrogen-bond acceptors (Lipinski definition) is 3. The van der Waals surface area contributed by atoms with E-state index in [0.29, 0.717) is 6.42 Å². The van der Waals surface area contributed by atoms with Crippen LogP contribution in [0.4, 0.5) is 0 Å². The lowest BCUT2D eigenvalue weighted by atomic mass is 10.1. The molecule has 0 saturated carbocycles. The Morgan fingerprint density at radius 1 is 0.962 bits per heavy atom. The molecule has 0 amide bonds. The standard InChI is InChI=1S/C22H32N2OS/c1-3-4-5-6-7-8-9-13-16-26-22-23-20(18-21(25)24(22)2)17-19-14-11-10-12-15-19/h10-12,14-15,18H,3-9,13,16-17H2,1-2H3. The first-order valence-electron chi connectivity index (χ1n) is 9.94. The quantitative estimate of drug-likeness (QED) is 0.276. The summed E-state index contributed by atoms with van der Waals surface area (Å²) in [6.45, 7) is 2.26. The summed E-state index contributed by atoms with van der Waals surface area (Å²) < 4.78 is 1.67. The van der Waals surface area contributed by atoms with Crippen molar-refractivity contribution in [2.75, 3.05) is 5.75 Å². The molecular weight excluding hydrogens is 340 g/mol. The zero-order chi connectivity index (χ0) is 18.6. The zero-order valence-electron chi connectivity index (χ0n) is 16.2. The molecule has 2 rings (SSSR count). The van der Waals surface area contributed by atoms with E-state index in [9.17, 15) is 4.79 Å². The number of nitrogens with zero attached hydrogens (tertiary/aromatic N) is 2. The Kier molecular flexibility index (Phi) is 9.54. The summed E-state index contributed by atoms with van der Waals surface area (Å²) in [4.78, 5) is 16.9. The molecule has 3 nitrogen and oxygen atoms in total. The minimum atomic E-state index is 0.0318. The Balaban J connectivity index is 1.78. The van der Waals surface area contributed by atoms with E-state index in [1.165, 1.54) is 56.9 Å². The lowest BCUT2D eigenvalue weighted by Gasteiger charge is -2.09. The van der Waals surface area contributed by atoms with Gasteiger partial charge in [-0.25, -0.2) is 4.98 Å². The molecular formula is C22H32N2OS. The van der Waals surface area contributed by atoms with E-state index in [1.807, 2.05) is 25.2 Å². The Morgan fingerprint density at radius 2 is 1.62 bits per heavy atom. The van der Waals surface area contributed by atoms with E-state index in [2.05, 4.69) is 19.1 Å².